The van der Waals surface area contributed by atoms with Crippen molar-refractivity contribution in [1.29, 1.82) is 0 Å². The molecule has 0 fully saturated rings. The first kappa shape index (κ1) is 35.5. The van der Waals surface area contributed by atoms with Gasteiger partial charge in [0.15, 0.2) is 17.5 Å². The van der Waals surface area contributed by atoms with Gasteiger partial charge in [-0.3, -0.25) is 0 Å². The van der Waals surface area contributed by atoms with E-state index in [1.165, 1.54) is 54.8 Å². The van der Waals surface area contributed by atoms with Gasteiger partial charge in [0, 0.05) is 43.9 Å². The molecular formula is C57H37N5. The SMILES string of the molecule is c1ccc(-c2ccc3c(c2)c2c(-c4cccc5c4c4ccccc4n5-c4ccccc4-c4nc(-c5ccccc5)nc(-c5ccccc5)n4)cccc2n3-c2ccccc2)cc1. The quantitative estimate of drug-likeness (QED) is 0.162. The molecule has 0 aliphatic carbocycles. The van der Waals surface area contributed by atoms with Crippen LogP contribution in [0.4, 0.5) is 0 Å². The van der Waals surface area contributed by atoms with Crippen molar-refractivity contribution >= 4 is 43.6 Å². The fourth-order valence-electron chi connectivity index (χ4n) is 9.25. The van der Waals surface area contributed by atoms with Gasteiger partial charge in [-0.25, -0.2) is 15.0 Å². The highest BCUT2D eigenvalue weighted by Gasteiger charge is 2.23. The number of fused-ring (bicyclic) bond motifs is 6. The van der Waals surface area contributed by atoms with E-state index < -0.39 is 0 Å². The van der Waals surface area contributed by atoms with Gasteiger partial charge < -0.3 is 9.13 Å². The van der Waals surface area contributed by atoms with Crippen LogP contribution >= 0.6 is 0 Å². The summed E-state index contributed by atoms with van der Waals surface area (Å²) in [7, 11) is 0. The monoisotopic (exact) mass is 791 g/mol. The van der Waals surface area contributed by atoms with E-state index in [0.717, 1.165) is 39.1 Å². The number of rotatable bonds is 7. The Hall–Kier alpha value is -8.41. The second kappa shape index (κ2) is 14.7. The van der Waals surface area contributed by atoms with Crippen LogP contribution in [-0.2, 0) is 0 Å². The minimum absolute atomic E-state index is 0.614. The standard InChI is InChI=1S/C57H37N5/c1-5-19-38(20-6-1)41-35-36-50-47(37-41)54-44(30-17-33-51(54)61(50)42-25-11-4-12-26-42)43-29-18-34-52-53(43)45-27-13-15-31-48(45)62(52)49-32-16-14-28-46(49)57-59-55(39-21-7-2-8-22-39)58-56(60-57)40-23-9-3-10-24-40/h1-37H. The van der Waals surface area contributed by atoms with Crippen LogP contribution < -0.4 is 0 Å². The molecule has 290 valence electrons. The van der Waals surface area contributed by atoms with Crippen LogP contribution in [0.25, 0.3) is 111 Å². The summed E-state index contributed by atoms with van der Waals surface area (Å²) in [4.78, 5) is 15.3. The van der Waals surface area contributed by atoms with E-state index in [1.54, 1.807) is 0 Å². The molecule has 12 rings (SSSR count). The highest BCUT2D eigenvalue weighted by atomic mass is 15.1. The molecule has 5 nitrogen and oxygen atoms in total. The lowest BCUT2D eigenvalue weighted by molar-refractivity contribution is 1.06. The van der Waals surface area contributed by atoms with Gasteiger partial charge >= 0.3 is 0 Å². The van der Waals surface area contributed by atoms with Gasteiger partial charge in [-0.05, 0) is 76.9 Å². The van der Waals surface area contributed by atoms with Gasteiger partial charge in [-0.1, -0.05) is 170 Å². The van der Waals surface area contributed by atoms with Crippen molar-refractivity contribution in [2.45, 2.75) is 0 Å². The molecule has 12 aromatic rings. The van der Waals surface area contributed by atoms with Gasteiger partial charge in [-0.15, -0.1) is 0 Å². The molecule has 62 heavy (non-hydrogen) atoms. The van der Waals surface area contributed by atoms with Crippen LogP contribution in [0, 0.1) is 0 Å². The maximum atomic E-state index is 5.18. The van der Waals surface area contributed by atoms with Crippen molar-refractivity contribution in [3.63, 3.8) is 0 Å². The van der Waals surface area contributed by atoms with Gasteiger partial charge in [0.25, 0.3) is 0 Å². The summed E-state index contributed by atoms with van der Waals surface area (Å²) in [6, 6.07) is 79.3. The molecule has 9 aromatic carbocycles. The highest BCUT2D eigenvalue weighted by molar-refractivity contribution is 6.22. The molecule has 5 heteroatoms. The number of nitrogens with zero attached hydrogens (tertiary/aromatic N) is 5. The first-order valence-electron chi connectivity index (χ1n) is 21.0. The highest BCUT2D eigenvalue weighted by Crippen LogP contribution is 2.45. The zero-order valence-electron chi connectivity index (χ0n) is 33.6. The Morgan fingerprint density at radius 1 is 0.274 bits per heavy atom. The Morgan fingerprint density at radius 3 is 1.40 bits per heavy atom. The summed E-state index contributed by atoms with van der Waals surface area (Å²) < 4.78 is 4.79. The van der Waals surface area contributed by atoms with Crippen LogP contribution in [0.2, 0.25) is 0 Å². The van der Waals surface area contributed by atoms with Crippen LogP contribution in [0.15, 0.2) is 224 Å². The van der Waals surface area contributed by atoms with Crippen molar-refractivity contribution < 1.29 is 0 Å². The van der Waals surface area contributed by atoms with Crippen molar-refractivity contribution in [3.05, 3.63) is 224 Å². The molecule has 0 amide bonds. The van der Waals surface area contributed by atoms with E-state index in [0.29, 0.717) is 17.5 Å². The summed E-state index contributed by atoms with van der Waals surface area (Å²) in [6.45, 7) is 0. The van der Waals surface area contributed by atoms with Crippen LogP contribution in [0.1, 0.15) is 0 Å². The van der Waals surface area contributed by atoms with Gasteiger partial charge in [0.2, 0.25) is 0 Å². The van der Waals surface area contributed by atoms with Crippen LogP contribution in [-0.4, -0.2) is 24.1 Å². The van der Waals surface area contributed by atoms with Gasteiger partial charge in [-0.2, -0.15) is 0 Å². The van der Waals surface area contributed by atoms with E-state index in [-0.39, 0.29) is 0 Å². The fourth-order valence-corrected chi connectivity index (χ4v) is 9.25. The molecule has 0 spiro atoms. The lowest BCUT2D eigenvalue weighted by atomic mass is 9.94. The second-order valence-corrected chi connectivity index (χ2v) is 15.6. The van der Waals surface area contributed by atoms with Crippen molar-refractivity contribution in [1.82, 2.24) is 24.1 Å². The Labute approximate surface area is 358 Å². The maximum absolute atomic E-state index is 5.18. The summed E-state index contributed by atoms with van der Waals surface area (Å²) in [5.41, 5.74) is 14.2. The van der Waals surface area contributed by atoms with Gasteiger partial charge in [0.05, 0.1) is 27.8 Å². The number of para-hydroxylation sites is 3. The number of aromatic nitrogens is 5. The van der Waals surface area contributed by atoms with Crippen molar-refractivity contribution in [2.24, 2.45) is 0 Å². The maximum Gasteiger partial charge on any atom is 0.166 e. The number of hydrogen-bond acceptors (Lipinski definition) is 3. The summed E-state index contributed by atoms with van der Waals surface area (Å²) in [5.74, 6) is 1.88. The molecular weight excluding hydrogens is 755 g/mol. The first-order chi connectivity index (χ1) is 30.8. The Balaban J connectivity index is 1.12. The molecule has 0 aliphatic rings. The predicted molar refractivity (Wildman–Crippen MR) is 256 cm³/mol. The average molecular weight is 792 g/mol. The molecule has 0 bridgehead atoms. The fraction of sp³-hybridized carbons (Fsp3) is 0. The summed E-state index contributed by atoms with van der Waals surface area (Å²) >= 11 is 0. The first-order valence-corrected chi connectivity index (χ1v) is 21.0. The van der Waals surface area contributed by atoms with Crippen molar-refractivity contribution in [3.8, 4) is 67.8 Å². The van der Waals surface area contributed by atoms with E-state index in [1.807, 2.05) is 36.4 Å². The van der Waals surface area contributed by atoms with Crippen LogP contribution in [0.3, 0.4) is 0 Å². The number of hydrogen-bond donors (Lipinski definition) is 0. The molecule has 0 radical (unpaired) electrons. The largest absolute Gasteiger partial charge is 0.309 e. The summed E-state index contributed by atoms with van der Waals surface area (Å²) in [6.07, 6.45) is 0. The van der Waals surface area contributed by atoms with E-state index in [9.17, 15) is 0 Å². The molecule has 0 saturated carbocycles. The topological polar surface area (TPSA) is 48.5 Å². The Morgan fingerprint density at radius 2 is 0.742 bits per heavy atom. The Kier molecular flexibility index (Phi) is 8.42. The third-order valence-electron chi connectivity index (χ3n) is 12.0. The molecule has 0 atom stereocenters. The molecule has 0 saturated heterocycles. The zero-order chi connectivity index (χ0) is 41.0. The van der Waals surface area contributed by atoms with Crippen molar-refractivity contribution in [2.75, 3.05) is 0 Å². The predicted octanol–water partition coefficient (Wildman–Crippen LogP) is 14.4. The molecule has 0 unspecified atom stereocenters. The Bertz CT molecular complexity index is 3550. The third kappa shape index (κ3) is 5.82. The van der Waals surface area contributed by atoms with E-state index in [4.69, 9.17) is 15.0 Å². The zero-order valence-corrected chi connectivity index (χ0v) is 33.6. The van der Waals surface area contributed by atoms with Gasteiger partial charge in [0.1, 0.15) is 0 Å². The lowest BCUT2D eigenvalue weighted by Crippen LogP contribution is -2.03. The number of benzene rings is 9. The summed E-state index contributed by atoms with van der Waals surface area (Å²) in [5, 5.41) is 4.80. The molecule has 3 heterocycles. The smallest absolute Gasteiger partial charge is 0.166 e. The van der Waals surface area contributed by atoms with E-state index >= 15 is 0 Å². The average Bonchev–Trinajstić information content (AvgIpc) is 3.88. The molecule has 0 N–H and O–H groups in total. The van der Waals surface area contributed by atoms with E-state index in [2.05, 4.69) is 197 Å². The molecule has 0 aliphatic heterocycles. The molecule has 3 aromatic heterocycles. The minimum Gasteiger partial charge on any atom is -0.309 e. The lowest BCUT2D eigenvalue weighted by Gasteiger charge is -2.15. The normalized spacial score (nSPS) is 11.5. The minimum atomic E-state index is 0.614. The second-order valence-electron chi connectivity index (χ2n) is 15.6. The van der Waals surface area contributed by atoms with Crippen LogP contribution in [0.5, 0.6) is 0 Å². The third-order valence-corrected chi connectivity index (χ3v) is 12.0.